The molecule has 0 aliphatic rings. The van der Waals surface area contributed by atoms with Crippen molar-refractivity contribution in [3.63, 3.8) is 0 Å². The minimum atomic E-state index is -1.01. The first-order valence-electron chi connectivity index (χ1n) is 7.50. The molecule has 0 fully saturated rings. The maximum absolute atomic E-state index is 12.4. The van der Waals surface area contributed by atoms with Gasteiger partial charge in [-0.15, -0.1) is 0 Å². The Kier molecular flexibility index (Phi) is 5.15. The third-order valence-corrected chi connectivity index (χ3v) is 4.36. The molecule has 0 unspecified atom stereocenters. The summed E-state index contributed by atoms with van der Waals surface area (Å²) in [6, 6.07) is 18.8. The topological polar surface area (TPSA) is 84.2 Å². The highest BCUT2D eigenvalue weighted by molar-refractivity contribution is 7.99. The largest absolute Gasteiger partial charge is 0.480 e. The Morgan fingerprint density at radius 3 is 2.52 bits per heavy atom. The molecule has 0 bridgehead atoms. The zero-order chi connectivity index (χ0) is 17.6. The van der Waals surface area contributed by atoms with Gasteiger partial charge in [0.2, 0.25) is 0 Å². The van der Waals surface area contributed by atoms with Crippen LogP contribution < -0.4 is 5.32 Å². The fourth-order valence-corrected chi connectivity index (χ4v) is 3.09. The monoisotopic (exact) mass is 353 g/mol. The van der Waals surface area contributed by atoms with Gasteiger partial charge in [-0.3, -0.25) is 14.3 Å². The summed E-state index contributed by atoms with van der Waals surface area (Å²) in [6.45, 7) is -0.284. The van der Waals surface area contributed by atoms with Gasteiger partial charge in [0, 0.05) is 16.0 Å². The van der Waals surface area contributed by atoms with Crippen LogP contribution in [0.3, 0.4) is 0 Å². The van der Waals surface area contributed by atoms with E-state index >= 15 is 0 Å². The van der Waals surface area contributed by atoms with E-state index in [4.69, 9.17) is 5.11 Å². The van der Waals surface area contributed by atoms with Gasteiger partial charge in [-0.2, -0.15) is 5.10 Å². The minimum absolute atomic E-state index is 0.167. The molecule has 0 saturated heterocycles. The molecular formula is C18H15N3O3S. The van der Waals surface area contributed by atoms with Crippen LogP contribution in [0.2, 0.25) is 0 Å². The normalized spacial score (nSPS) is 10.4. The molecule has 7 heteroatoms. The van der Waals surface area contributed by atoms with Crippen molar-refractivity contribution in [1.82, 2.24) is 9.78 Å². The summed E-state index contributed by atoms with van der Waals surface area (Å²) in [7, 11) is 0. The van der Waals surface area contributed by atoms with Crippen LogP contribution in [0.4, 0.5) is 5.69 Å². The molecule has 1 amide bonds. The second kappa shape index (κ2) is 7.67. The summed E-state index contributed by atoms with van der Waals surface area (Å²) in [4.78, 5) is 25.0. The Balaban J connectivity index is 1.75. The highest BCUT2D eigenvalue weighted by Crippen LogP contribution is 2.33. The number of amides is 1. The van der Waals surface area contributed by atoms with E-state index in [1.165, 1.54) is 16.9 Å². The summed E-state index contributed by atoms with van der Waals surface area (Å²) in [5.41, 5.74) is 0.843. The Morgan fingerprint density at radius 1 is 1.04 bits per heavy atom. The van der Waals surface area contributed by atoms with Crippen LogP contribution in [-0.4, -0.2) is 26.8 Å². The Bertz CT molecular complexity index is 893. The van der Waals surface area contributed by atoms with E-state index < -0.39 is 5.97 Å². The first-order chi connectivity index (χ1) is 12.1. The number of para-hydroxylation sites is 1. The lowest BCUT2D eigenvalue weighted by Gasteiger charge is -2.10. The van der Waals surface area contributed by atoms with Gasteiger partial charge in [-0.1, -0.05) is 42.1 Å². The number of aromatic nitrogens is 2. The summed E-state index contributed by atoms with van der Waals surface area (Å²) in [6.07, 6.45) is 1.47. The fourth-order valence-electron chi connectivity index (χ4n) is 2.17. The van der Waals surface area contributed by atoms with Gasteiger partial charge in [0.15, 0.2) is 5.69 Å². The lowest BCUT2D eigenvalue weighted by atomic mass is 10.3. The van der Waals surface area contributed by atoms with Crippen LogP contribution in [0.15, 0.2) is 76.7 Å². The quantitative estimate of drug-likeness (QED) is 0.710. The number of carbonyl (C=O) groups is 2. The molecule has 0 aliphatic carbocycles. The first-order valence-corrected chi connectivity index (χ1v) is 8.32. The van der Waals surface area contributed by atoms with Crippen LogP contribution in [0, 0.1) is 0 Å². The number of nitrogens with one attached hydrogen (secondary N) is 1. The molecule has 3 aromatic rings. The van der Waals surface area contributed by atoms with E-state index in [0.29, 0.717) is 5.69 Å². The van der Waals surface area contributed by atoms with E-state index in [9.17, 15) is 9.59 Å². The van der Waals surface area contributed by atoms with Gasteiger partial charge in [-0.25, -0.2) is 0 Å². The molecule has 0 radical (unpaired) electrons. The fraction of sp³-hybridized carbons (Fsp3) is 0.0556. The molecule has 126 valence electrons. The SMILES string of the molecule is O=C(O)Cn1ccc(C(=O)Nc2ccccc2Sc2ccccc2)n1. The molecule has 0 aliphatic heterocycles. The van der Waals surface area contributed by atoms with Crippen LogP contribution >= 0.6 is 11.8 Å². The number of carbonyl (C=O) groups excluding carboxylic acids is 1. The predicted molar refractivity (Wildman–Crippen MR) is 94.8 cm³/mol. The molecule has 3 rings (SSSR count). The molecule has 2 N–H and O–H groups in total. The average Bonchev–Trinajstić information content (AvgIpc) is 3.05. The van der Waals surface area contributed by atoms with Gasteiger partial charge in [-0.05, 0) is 30.3 Å². The summed E-state index contributed by atoms with van der Waals surface area (Å²) in [5, 5.41) is 15.6. The van der Waals surface area contributed by atoms with Gasteiger partial charge in [0.1, 0.15) is 6.54 Å². The number of rotatable bonds is 6. The number of carboxylic acid groups (broad SMARTS) is 1. The molecule has 25 heavy (non-hydrogen) atoms. The molecular weight excluding hydrogens is 338 g/mol. The maximum Gasteiger partial charge on any atom is 0.325 e. The minimum Gasteiger partial charge on any atom is -0.480 e. The van der Waals surface area contributed by atoms with Crippen molar-refractivity contribution in [1.29, 1.82) is 0 Å². The molecule has 6 nitrogen and oxygen atoms in total. The lowest BCUT2D eigenvalue weighted by molar-refractivity contribution is -0.137. The molecule has 0 saturated carbocycles. The summed E-state index contributed by atoms with van der Waals surface area (Å²) in [5.74, 6) is -1.40. The number of anilines is 1. The molecule has 1 aromatic heterocycles. The third kappa shape index (κ3) is 4.48. The zero-order valence-electron chi connectivity index (χ0n) is 13.1. The number of hydrogen-bond donors (Lipinski definition) is 2. The Labute approximate surface area is 148 Å². The molecule has 2 aromatic carbocycles. The maximum atomic E-state index is 12.4. The Morgan fingerprint density at radius 2 is 1.76 bits per heavy atom. The highest BCUT2D eigenvalue weighted by Gasteiger charge is 2.13. The van der Waals surface area contributed by atoms with Gasteiger partial charge in [0.25, 0.3) is 5.91 Å². The lowest BCUT2D eigenvalue weighted by Crippen LogP contribution is -2.15. The third-order valence-electron chi connectivity index (χ3n) is 3.28. The second-order valence-electron chi connectivity index (χ2n) is 5.16. The number of benzene rings is 2. The standard InChI is InChI=1S/C18H15N3O3S/c22-17(23)12-21-11-10-15(20-21)18(24)19-14-8-4-5-9-16(14)25-13-6-2-1-3-7-13/h1-11H,12H2,(H,19,24)(H,22,23). The van der Waals surface area contributed by atoms with Gasteiger partial charge in [0.05, 0.1) is 5.69 Å². The van der Waals surface area contributed by atoms with Crippen molar-refractivity contribution < 1.29 is 14.7 Å². The highest BCUT2D eigenvalue weighted by atomic mass is 32.2. The first kappa shape index (κ1) is 16.8. The van der Waals surface area contributed by atoms with Crippen LogP contribution in [0.1, 0.15) is 10.5 Å². The number of carboxylic acids is 1. The number of nitrogens with zero attached hydrogens (tertiary/aromatic N) is 2. The molecule has 1 heterocycles. The summed E-state index contributed by atoms with van der Waals surface area (Å²) >= 11 is 1.55. The smallest absolute Gasteiger partial charge is 0.325 e. The van der Waals surface area contributed by atoms with Gasteiger partial charge < -0.3 is 10.4 Å². The Hall–Kier alpha value is -3.06. The van der Waals surface area contributed by atoms with E-state index in [1.807, 2.05) is 54.6 Å². The van der Waals surface area contributed by atoms with Crippen molar-refractivity contribution in [2.24, 2.45) is 0 Å². The van der Waals surface area contributed by atoms with Crippen LogP contribution in [0.5, 0.6) is 0 Å². The zero-order valence-corrected chi connectivity index (χ0v) is 13.9. The number of hydrogen-bond acceptors (Lipinski definition) is 4. The van der Waals surface area contributed by atoms with Crippen LogP contribution in [-0.2, 0) is 11.3 Å². The molecule has 0 atom stereocenters. The summed E-state index contributed by atoms with van der Waals surface area (Å²) < 4.78 is 1.21. The van der Waals surface area contributed by atoms with Crippen molar-refractivity contribution in [2.45, 2.75) is 16.3 Å². The van der Waals surface area contributed by atoms with Crippen LogP contribution in [0.25, 0.3) is 0 Å². The van der Waals surface area contributed by atoms with Crippen molar-refractivity contribution in [3.8, 4) is 0 Å². The van der Waals surface area contributed by atoms with E-state index in [1.54, 1.807) is 11.8 Å². The van der Waals surface area contributed by atoms with Crippen molar-refractivity contribution in [3.05, 3.63) is 72.6 Å². The average molecular weight is 353 g/mol. The van der Waals surface area contributed by atoms with E-state index in [2.05, 4.69) is 10.4 Å². The predicted octanol–water partition coefficient (Wildman–Crippen LogP) is 3.37. The molecule has 0 spiro atoms. The van der Waals surface area contributed by atoms with Crippen molar-refractivity contribution >= 4 is 29.3 Å². The van der Waals surface area contributed by atoms with E-state index in [0.717, 1.165) is 9.79 Å². The van der Waals surface area contributed by atoms with Gasteiger partial charge >= 0.3 is 5.97 Å². The second-order valence-corrected chi connectivity index (χ2v) is 6.27. The number of aliphatic carboxylic acids is 1. The van der Waals surface area contributed by atoms with Crippen molar-refractivity contribution in [2.75, 3.05) is 5.32 Å². The van der Waals surface area contributed by atoms with E-state index in [-0.39, 0.29) is 18.1 Å².